The highest BCUT2D eigenvalue weighted by atomic mass is 35.5. The fraction of sp³-hybridized carbons (Fsp3) is 0.300. The minimum atomic E-state index is -0.302. The van der Waals surface area contributed by atoms with Crippen LogP contribution >= 0.6 is 23.2 Å². The van der Waals surface area contributed by atoms with Gasteiger partial charge < -0.3 is 5.32 Å². The van der Waals surface area contributed by atoms with Gasteiger partial charge in [0.1, 0.15) is 5.69 Å². The molecule has 1 aliphatic heterocycles. The molecule has 26 heavy (non-hydrogen) atoms. The minimum Gasteiger partial charge on any atom is -0.372 e. The average molecular weight is 389 g/mol. The number of nitro benzene ring substituents is 1. The predicted molar refractivity (Wildman–Crippen MR) is 105 cm³/mol. The third kappa shape index (κ3) is 2.60. The van der Waals surface area contributed by atoms with E-state index in [4.69, 9.17) is 23.2 Å². The van der Waals surface area contributed by atoms with E-state index in [1.54, 1.807) is 12.1 Å². The highest BCUT2D eigenvalue weighted by Gasteiger charge is 2.41. The van der Waals surface area contributed by atoms with Gasteiger partial charge in [-0.2, -0.15) is 0 Å². The second kappa shape index (κ2) is 6.29. The molecule has 0 fully saturated rings. The van der Waals surface area contributed by atoms with Gasteiger partial charge in [0.05, 0.1) is 21.0 Å². The molecule has 0 unspecified atom stereocenters. The normalized spacial score (nSPS) is 23.3. The summed E-state index contributed by atoms with van der Waals surface area (Å²) in [5, 5.41) is 16.1. The van der Waals surface area contributed by atoms with Crippen molar-refractivity contribution in [3.63, 3.8) is 0 Å². The zero-order valence-corrected chi connectivity index (χ0v) is 15.9. The molecule has 0 saturated carbocycles. The molecule has 0 aromatic heterocycles. The molecule has 1 aliphatic carbocycles. The number of rotatable bonds is 2. The van der Waals surface area contributed by atoms with Crippen molar-refractivity contribution in [1.82, 2.24) is 0 Å². The quantitative estimate of drug-likeness (QED) is 0.370. The Labute approximate surface area is 162 Å². The van der Waals surface area contributed by atoms with Crippen LogP contribution in [0.4, 0.5) is 11.4 Å². The number of hydrogen-bond donors (Lipinski definition) is 1. The van der Waals surface area contributed by atoms with E-state index in [2.05, 4.69) is 17.5 Å². The van der Waals surface area contributed by atoms with Crippen molar-refractivity contribution in [1.29, 1.82) is 0 Å². The van der Waals surface area contributed by atoms with Gasteiger partial charge >= 0.3 is 0 Å². The van der Waals surface area contributed by atoms with Crippen molar-refractivity contribution in [3.05, 3.63) is 78.8 Å². The van der Waals surface area contributed by atoms with E-state index >= 15 is 0 Å². The van der Waals surface area contributed by atoms with Gasteiger partial charge in [0.25, 0.3) is 5.69 Å². The lowest BCUT2D eigenvalue weighted by Gasteiger charge is -2.38. The highest BCUT2D eigenvalue weighted by Crippen LogP contribution is 2.53. The predicted octanol–water partition coefficient (Wildman–Crippen LogP) is 6.34. The number of nitrogens with one attached hydrogen (secondary N) is 1. The molecule has 134 valence electrons. The zero-order valence-electron chi connectivity index (χ0n) is 14.4. The monoisotopic (exact) mass is 388 g/mol. The van der Waals surface area contributed by atoms with Gasteiger partial charge in [0.15, 0.2) is 0 Å². The zero-order chi connectivity index (χ0) is 18.6. The lowest BCUT2D eigenvalue weighted by atomic mass is 9.74. The van der Waals surface area contributed by atoms with E-state index in [1.807, 2.05) is 26.0 Å². The summed E-state index contributed by atoms with van der Waals surface area (Å²) in [5.74, 6) is 0.448. The van der Waals surface area contributed by atoms with Crippen molar-refractivity contribution in [2.24, 2.45) is 5.92 Å². The number of nitro groups is 1. The van der Waals surface area contributed by atoms with E-state index < -0.39 is 0 Å². The number of allylic oxidation sites excluding steroid dienone is 2. The fourth-order valence-electron chi connectivity index (χ4n) is 4.26. The lowest BCUT2D eigenvalue weighted by molar-refractivity contribution is -0.384. The Morgan fingerprint density at radius 1 is 1.19 bits per heavy atom. The van der Waals surface area contributed by atoms with E-state index in [9.17, 15) is 10.1 Å². The standard InChI is InChI=1S/C20H18Cl2N2O2/c1-10-8-17(24(25)26)20-18(11(10)2)13-4-3-5-14(13)19(23-20)12-6-7-15(21)16(22)9-12/h3-4,6-9,13-14,19,23H,5H2,1-2H3/t13-,14-,19-/m1/s1. The van der Waals surface area contributed by atoms with Gasteiger partial charge in [-0.05, 0) is 60.6 Å². The smallest absolute Gasteiger partial charge is 0.292 e. The molecule has 2 aromatic carbocycles. The summed E-state index contributed by atoms with van der Waals surface area (Å²) in [6.07, 6.45) is 5.28. The maximum Gasteiger partial charge on any atom is 0.292 e. The number of aryl methyl sites for hydroxylation is 1. The van der Waals surface area contributed by atoms with Crippen molar-refractivity contribution < 1.29 is 4.92 Å². The molecule has 2 aliphatic rings. The minimum absolute atomic E-state index is 0.0573. The summed E-state index contributed by atoms with van der Waals surface area (Å²) in [6, 6.07) is 7.18. The molecular weight excluding hydrogens is 371 g/mol. The van der Waals surface area contributed by atoms with E-state index in [-0.39, 0.29) is 22.6 Å². The topological polar surface area (TPSA) is 55.2 Å². The van der Waals surface area contributed by atoms with Gasteiger partial charge in [-0.25, -0.2) is 0 Å². The number of hydrogen-bond acceptors (Lipinski definition) is 3. The van der Waals surface area contributed by atoms with Crippen molar-refractivity contribution >= 4 is 34.6 Å². The number of halogens is 2. The molecule has 3 atom stereocenters. The first-order valence-corrected chi connectivity index (χ1v) is 9.30. The van der Waals surface area contributed by atoms with E-state index in [1.165, 1.54) is 0 Å². The first kappa shape index (κ1) is 17.4. The molecule has 4 rings (SSSR count). The van der Waals surface area contributed by atoms with Crippen LogP contribution in [0.25, 0.3) is 0 Å². The summed E-state index contributed by atoms with van der Waals surface area (Å²) >= 11 is 12.3. The molecule has 1 N–H and O–H groups in total. The maximum atomic E-state index is 11.7. The number of anilines is 1. The van der Waals surface area contributed by atoms with Crippen molar-refractivity contribution in [2.75, 3.05) is 5.32 Å². The first-order chi connectivity index (χ1) is 12.4. The molecule has 0 saturated heterocycles. The summed E-state index contributed by atoms with van der Waals surface area (Å²) in [6.45, 7) is 3.98. The number of benzene rings is 2. The number of nitrogens with zero attached hydrogens (tertiary/aromatic N) is 1. The highest BCUT2D eigenvalue weighted by molar-refractivity contribution is 6.42. The second-order valence-corrected chi connectivity index (χ2v) is 7.85. The summed E-state index contributed by atoms with van der Waals surface area (Å²) in [5.41, 5.74) is 4.87. The third-order valence-electron chi connectivity index (χ3n) is 5.65. The average Bonchev–Trinajstić information content (AvgIpc) is 3.08. The molecule has 4 nitrogen and oxygen atoms in total. The summed E-state index contributed by atoms with van der Waals surface area (Å²) < 4.78 is 0. The largest absolute Gasteiger partial charge is 0.372 e. The van der Waals surface area contributed by atoms with Crippen molar-refractivity contribution in [2.45, 2.75) is 32.2 Å². The third-order valence-corrected chi connectivity index (χ3v) is 6.39. The Hall–Kier alpha value is -2.04. The van der Waals surface area contributed by atoms with Crippen LogP contribution in [0.2, 0.25) is 10.0 Å². The fourth-order valence-corrected chi connectivity index (χ4v) is 4.57. The molecule has 0 radical (unpaired) electrons. The maximum absolute atomic E-state index is 11.7. The molecule has 0 amide bonds. The number of fused-ring (bicyclic) bond motifs is 3. The van der Waals surface area contributed by atoms with E-state index in [0.29, 0.717) is 21.7 Å². The van der Waals surface area contributed by atoms with Crippen LogP contribution in [-0.2, 0) is 0 Å². The SMILES string of the molecule is Cc1cc([N+](=O)[O-])c2c(c1C)[C@@H]1C=CC[C@H]1[C@@H](c1ccc(Cl)c(Cl)c1)N2. The molecule has 1 heterocycles. The van der Waals surface area contributed by atoms with Crippen LogP contribution in [0.1, 0.15) is 40.6 Å². The van der Waals surface area contributed by atoms with Crippen LogP contribution < -0.4 is 5.32 Å². The van der Waals surface area contributed by atoms with Crippen LogP contribution in [0.15, 0.2) is 36.4 Å². The summed E-state index contributed by atoms with van der Waals surface area (Å²) in [7, 11) is 0. The van der Waals surface area contributed by atoms with Gasteiger partial charge in [0, 0.05) is 12.0 Å². The Bertz CT molecular complexity index is 955. The molecule has 6 heteroatoms. The Morgan fingerprint density at radius 2 is 1.96 bits per heavy atom. The lowest BCUT2D eigenvalue weighted by Crippen LogP contribution is -2.30. The van der Waals surface area contributed by atoms with Gasteiger partial charge in [-0.3, -0.25) is 10.1 Å². The van der Waals surface area contributed by atoms with Gasteiger partial charge in [-0.15, -0.1) is 0 Å². The Balaban J connectivity index is 1.90. The van der Waals surface area contributed by atoms with Crippen molar-refractivity contribution in [3.8, 4) is 0 Å². The molecule has 0 bridgehead atoms. The second-order valence-electron chi connectivity index (χ2n) is 7.03. The molecular formula is C20H18Cl2N2O2. The molecule has 2 aromatic rings. The van der Waals surface area contributed by atoms with Crippen LogP contribution in [-0.4, -0.2) is 4.92 Å². The van der Waals surface area contributed by atoms with Gasteiger partial charge in [0.2, 0.25) is 0 Å². The molecule has 0 spiro atoms. The van der Waals surface area contributed by atoms with Gasteiger partial charge in [-0.1, -0.05) is 41.4 Å². The first-order valence-electron chi connectivity index (χ1n) is 8.55. The Kier molecular flexibility index (Phi) is 4.20. The van der Waals surface area contributed by atoms with E-state index in [0.717, 1.165) is 28.7 Å². The van der Waals surface area contributed by atoms with Crippen LogP contribution in [0.3, 0.4) is 0 Å². The van der Waals surface area contributed by atoms with Crippen LogP contribution in [0.5, 0.6) is 0 Å². The van der Waals surface area contributed by atoms with Crippen LogP contribution in [0, 0.1) is 29.9 Å². The Morgan fingerprint density at radius 3 is 2.65 bits per heavy atom. The summed E-state index contributed by atoms with van der Waals surface area (Å²) in [4.78, 5) is 11.4.